The molecular formula is C22H25FN2O3. The maximum Gasteiger partial charge on any atom is 0.244 e. The van der Waals surface area contributed by atoms with Gasteiger partial charge < -0.3 is 20.1 Å². The smallest absolute Gasteiger partial charge is 0.244 e. The monoisotopic (exact) mass is 384 g/mol. The van der Waals surface area contributed by atoms with Gasteiger partial charge in [-0.1, -0.05) is 35.9 Å². The van der Waals surface area contributed by atoms with E-state index in [1.807, 2.05) is 36.1 Å². The fraction of sp³-hybridized carbons (Fsp3) is 0.318. The SMILES string of the molecule is Cc1ccc(C=CC(=O)N[C@@H](CO)c2ccc(F)c(N3CCOCC3)c2)cc1. The number of aliphatic hydroxyl groups is 1. The second kappa shape index (κ2) is 9.48. The van der Waals surface area contributed by atoms with E-state index in [1.54, 1.807) is 18.2 Å². The first-order valence-corrected chi connectivity index (χ1v) is 9.35. The molecule has 0 bridgehead atoms. The number of morpholine rings is 1. The number of carbonyl (C=O) groups excluding carboxylic acids is 1. The number of nitrogens with one attached hydrogen (secondary N) is 1. The summed E-state index contributed by atoms with van der Waals surface area (Å²) in [5.41, 5.74) is 3.18. The van der Waals surface area contributed by atoms with Crippen molar-refractivity contribution in [2.45, 2.75) is 13.0 Å². The second-order valence-electron chi connectivity index (χ2n) is 6.80. The van der Waals surface area contributed by atoms with Crippen LogP contribution in [0.1, 0.15) is 22.7 Å². The van der Waals surface area contributed by atoms with Crippen LogP contribution in [-0.2, 0) is 9.53 Å². The average molecular weight is 384 g/mol. The highest BCUT2D eigenvalue weighted by Gasteiger charge is 2.19. The van der Waals surface area contributed by atoms with Crippen LogP contribution in [-0.4, -0.2) is 43.9 Å². The number of hydrogen-bond acceptors (Lipinski definition) is 4. The molecule has 6 heteroatoms. The largest absolute Gasteiger partial charge is 0.394 e. The third-order valence-corrected chi connectivity index (χ3v) is 4.73. The van der Waals surface area contributed by atoms with Gasteiger partial charge in [0, 0.05) is 19.2 Å². The zero-order valence-electron chi connectivity index (χ0n) is 15.9. The molecule has 0 aliphatic carbocycles. The number of anilines is 1. The first kappa shape index (κ1) is 20.0. The van der Waals surface area contributed by atoms with Gasteiger partial charge in [-0.05, 0) is 36.3 Å². The van der Waals surface area contributed by atoms with E-state index in [9.17, 15) is 14.3 Å². The van der Waals surface area contributed by atoms with Crippen LogP contribution in [0.2, 0.25) is 0 Å². The Labute approximate surface area is 164 Å². The quantitative estimate of drug-likeness (QED) is 0.752. The minimum absolute atomic E-state index is 0.279. The molecule has 0 aromatic heterocycles. The molecule has 0 spiro atoms. The third kappa shape index (κ3) is 5.18. The lowest BCUT2D eigenvalue weighted by molar-refractivity contribution is -0.117. The minimum Gasteiger partial charge on any atom is -0.394 e. The van der Waals surface area contributed by atoms with E-state index in [1.165, 1.54) is 12.1 Å². The highest BCUT2D eigenvalue weighted by molar-refractivity contribution is 5.92. The summed E-state index contributed by atoms with van der Waals surface area (Å²) in [6.45, 7) is 4.03. The van der Waals surface area contributed by atoms with E-state index >= 15 is 0 Å². The Morgan fingerprint density at radius 3 is 2.64 bits per heavy atom. The standard InChI is InChI=1S/C22H25FN2O3/c1-16-2-4-17(5-3-16)6-9-22(27)24-20(15-26)18-7-8-19(23)21(14-18)25-10-12-28-13-11-25/h2-9,14,20,26H,10-13,15H2,1H3,(H,24,27)/t20-/m0/s1. The van der Waals surface area contributed by atoms with Crippen LogP contribution >= 0.6 is 0 Å². The molecule has 1 saturated heterocycles. The van der Waals surface area contributed by atoms with Crippen molar-refractivity contribution >= 4 is 17.7 Å². The molecule has 1 atom stereocenters. The molecule has 1 aliphatic rings. The van der Waals surface area contributed by atoms with Gasteiger partial charge >= 0.3 is 0 Å². The Morgan fingerprint density at radius 2 is 1.96 bits per heavy atom. The number of benzene rings is 2. The number of hydrogen-bond donors (Lipinski definition) is 2. The maximum absolute atomic E-state index is 14.3. The topological polar surface area (TPSA) is 61.8 Å². The van der Waals surface area contributed by atoms with Gasteiger partial charge in [0.15, 0.2) is 0 Å². The molecule has 148 valence electrons. The fourth-order valence-corrected chi connectivity index (χ4v) is 3.10. The molecule has 0 radical (unpaired) electrons. The summed E-state index contributed by atoms with van der Waals surface area (Å²) in [5, 5.41) is 12.5. The number of rotatable bonds is 6. The Morgan fingerprint density at radius 1 is 1.25 bits per heavy atom. The summed E-state index contributed by atoms with van der Waals surface area (Å²) in [6, 6.07) is 11.8. The van der Waals surface area contributed by atoms with Gasteiger partial charge in [-0.3, -0.25) is 4.79 Å². The fourth-order valence-electron chi connectivity index (χ4n) is 3.10. The molecule has 0 saturated carbocycles. The van der Waals surface area contributed by atoms with Crippen molar-refractivity contribution in [2.24, 2.45) is 0 Å². The zero-order chi connectivity index (χ0) is 19.9. The van der Waals surface area contributed by atoms with Crippen molar-refractivity contribution in [1.29, 1.82) is 0 Å². The number of aryl methyl sites for hydroxylation is 1. The molecule has 2 aromatic carbocycles. The van der Waals surface area contributed by atoms with E-state index < -0.39 is 6.04 Å². The summed E-state index contributed by atoms with van der Waals surface area (Å²) in [6.07, 6.45) is 3.15. The summed E-state index contributed by atoms with van der Waals surface area (Å²) in [4.78, 5) is 14.2. The van der Waals surface area contributed by atoms with Crippen molar-refractivity contribution < 1.29 is 19.0 Å². The molecule has 3 rings (SSSR count). The number of ether oxygens (including phenoxy) is 1. The van der Waals surface area contributed by atoms with Crippen LogP contribution in [0.15, 0.2) is 48.5 Å². The molecule has 28 heavy (non-hydrogen) atoms. The molecule has 2 N–H and O–H groups in total. The molecule has 0 unspecified atom stereocenters. The number of amides is 1. The van der Waals surface area contributed by atoms with Gasteiger partial charge in [0.2, 0.25) is 5.91 Å². The summed E-state index contributed by atoms with van der Waals surface area (Å²) in [5.74, 6) is -0.648. The van der Waals surface area contributed by atoms with Crippen LogP contribution < -0.4 is 10.2 Å². The first-order valence-electron chi connectivity index (χ1n) is 9.35. The first-order chi connectivity index (χ1) is 13.6. The Kier molecular flexibility index (Phi) is 6.79. The summed E-state index contributed by atoms with van der Waals surface area (Å²) < 4.78 is 19.6. The molecule has 1 fully saturated rings. The number of halogens is 1. The van der Waals surface area contributed by atoms with Crippen molar-refractivity contribution in [1.82, 2.24) is 5.32 Å². The van der Waals surface area contributed by atoms with Crippen LogP contribution in [0, 0.1) is 12.7 Å². The summed E-state index contributed by atoms with van der Waals surface area (Å²) >= 11 is 0. The van der Waals surface area contributed by atoms with Gasteiger partial charge in [-0.25, -0.2) is 4.39 Å². The van der Waals surface area contributed by atoms with Crippen LogP contribution in [0.25, 0.3) is 6.08 Å². The third-order valence-electron chi connectivity index (χ3n) is 4.73. The second-order valence-corrected chi connectivity index (χ2v) is 6.80. The average Bonchev–Trinajstić information content (AvgIpc) is 2.73. The van der Waals surface area contributed by atoms with Crippen molar-refractivity contribution in [3.8, 4) is 0 Å². The van der Waals surface area contributed by atoms with Gasteiger partial charge in [-0.2, -0.15) is 0 Å². The van der Waals surface area contributed by atoms with Gasteiger partial charge in [0.25, 0.3) is 0 Å². The predicted molar refractivity (Wildman–Crippen MR) is 108 cm³/mol. The number of nitrogens with zero attached hydrogens (tertiary/aromatic N) is 1. The highest BCUT2D eigenvalue weighted by Crippen LogP contribution is 2.25. The lowest BCUT2D eigenvalue weighted by atomic mass is 10.1. The van der Waals surface area contributed by atoms with E-state index in [-0.39, 0.29) is 18.3 Å². The zero-order valence-corrected chi connectivity index (χ0v) is 15.9. The Bertz CT molecular complexity index is 830. The summed E-state index contributed by atoms with van der Waals surface area (Å²) in [7, 11) is 0. The lowest BCUT2D eigenvalue weighted by Crippen LogP contribution is -2.37. The predicted octanol–water partition coefficient (Wildman–Crippen LogP) is 2.83. The molecule has 1 aliphatic heterocycles. The van der Waals surface area contributed by atoms with Crippen molar-refractivity contribution in [2.75, 3.05) is 37.8 Å². The Hall–Kier alpha value is -2.70. The normalized spacial score (nSPS) is 15.6. The Balaban J connectivity index is 1.70. The number of aliphatic hydroxyl groups excluding tert-OH is 1. The van der Waals surface area contributed by atoms with Gasteiger partial charge in [0.05, 0.1) is 31.5 Å². The van der Waals surface area contributed by atoms with E-state index in [0.717, 1.165) is 11.1 Å². The molecule has 1 amide bonds. The highest BCUT2D eigenvalue weighted by atomic mass is 19.1. The van der Waals surface area contributed by atoms with Gasteiger partial charge in [0.1, 0.15) is 5.82 Å². The molecule has 2 aromatic rings. The maximum atomic E-state index is 14.3. The molecule has 5 nitrogen and oxygen atoms in total. The van der Waals surface area contributed by atoms with E-state index in [2.05, 4.69) is 5.32 Å². The minimum atomic E-state index is -0.615. The van der Waals surface area contributed by atoms with E-state index in [4.69, 9.17) is 4.74 Å². The van der Waals surface area contributed by atoms with Crippen LogP contribution in [0.4, 0.5) is 10.1 Å². The molecular weight excluding hydrogens is 359 g/mol. The molecule has 1 heterocycles. The van der Waals surface area contributed by atoms with Crippen LogP contribution in [0.5, 0.6) is 0 Å². The van der Waals surface area contributed by atoms with Crippen LogP contribution in [0.3, 0.4) is 0 Å². The van der Waals surface area contributed by atoms with Crippen molar-refractivity contribution in [3.63, 3.8) is 0 Å². The van der Waals surface area contributed by atoms with Gasteiger partial charge in [-0.15, -0.1) is 0 Å². The lowest BCUT2D eigenvalue weighted by Gasteiger charge is -2.30. The van der Waals surface area contributed by atoms with Crippen molar-refractivity contribution in [3.05, 3.63) is 71.0 Å². The van der Waals surface area contributed by atoms with E-state index in [0.29, 0.717) is 37.6 Å². The number of carbonyl (C=O) groups is 1.